The summed E-state index contributed by atoms with van der Waals surface area (Å²) in [5.74, 6) is -1.19. The summed E-state index contributed by atoms with van der Waals surface area (Å²) in [6.45, 7) is 6.68. The molecule has 0 radical (unpaired) electrons. The van der Waals surface area contributed by atoms with Gasteiger partial charge in [0.15, 0.2) is 0 Å². The van der Waals surface area contributed by atoms with Gasteiger partial charge in [0.25, 0.3) is 0 Å². The Labute approximate surface area is 360 Å². The Morgan fingerprint density at radius 2 is 1.42 bits per heavy atom. The van der Waals surface area contributed by atoms with Crippen molar-refractivity contribution in [1.29, 1.82) is 0 Å². The number of rotatable bonds is 24. The highest BCUT2D eigenvalue weighted by Crippen LogP contribution is 2.80. The Balaban J connectivity index is 1.20. The first-order valence-electron chi connectivity index (χ1n) is 23.7. The van der Waals surface area contributed by atoms with E-state index in [1.165, 1.54) is 64.2 Å². The highest BCUT2D eigenvalue weighted by Gasteiger charge is 2.89. The van der Waals surface area contributed by atoms with Crippen molar-refractivity contribution in [3.8, 4) is 5.75 Å². The number of carbonyl (C=O) groups is 2. The zero-order valence-corrected chi connectivity index (χ0v) is 37.9. The maximum atomic E-state index is 14.5. The van der Waals surface area contributed by atoms with Crippen LogP contribution in [0.2, 0.25) is 0 Å². The standard InChI is InChI=1S/C49H77NO10/c1-8-10-11-12-13-14-15-16-17-18-19-20-21-22-38(51)60-48-30-37(57-6)47(53)29-35(39(48)44(47)59-45(52)33-23-25-34(55-4)26-24-33)49-36(56-5)27-28-46(32-54-3)31-50(9-2)43(49)40(48)41(58-7)42(46)49/h23-26,35-37,39-44,53H,8-22,27-32H2,1-7H3/t35-,36-,37+,39-,40+,41+,42+,43-,44+,46+,47+,48-,49+/m0/s1. The van der Waals surface area contributed by atoms with Gasteiger partial charge in [0, 0.05) is 82.5 Å². The van der Waals surface area contributed by atoms with E-state index in [0.29, 0.717) is 37.2 Å². The van der Waals surface area contributed by atoms with Crippen molar-refractivity contribution in [2.24, 2.45) is 34.5 Å². The molecular formula is C49H77NO10. The van der Waals surface area contributed by atoms with Crippen LogP contribution in [0.1, 0.15) is 140 Å². The lowest BCUT2D eigenvalue weighted by molar-refractivity contribution is -0.287. The van der Waals surface area contributed by atoms with Crippen LogP contribution in [0.25, 0.3) is 0 Å². The van der Waals surface area contributed by atoms with Crippen LogP contribution in [0.5, 0.6) is 5.75 Å². The number of aliphatic hydroxyl groups is 1. The van der Waals surface area contributed by atoms with Crippen molar-refractivity contribution in [2.45, 2.75) is 171 Å². The first kappa shape index (κ1) is 45.7. The van der Waals surface area contributed by atoms with Gasteiger partial charge in [-0.1, -0.05) is 90.9 Å². The molecule has 338 valence electrons. The molecule has 1 aromatic rings. The van der Waals surface area contributed by atoms with Crippen molar-refractivity contribution < 1.29 is 47.9 Å². The number of hydrogen-bond donors (Lipinski definition) is 1. The predicted molar refractivity (Wildman–Crippen MR) is 229 cm³/mol. The Bertz CT molecular complexity index is 1590. The molecule has 0 amide bonds. The quantitative estimate of drug-likeness (QED) is 0.0802. The van der Waals surface area contributed by atoms with Gasteiger partial charge < -0.3 is 38.3 Å². The van der Waals surface area contributed by atoms with Gasteiger partial charge in [-0.2, -0.15) is 0 Å². The minimum atomic E-state index is -1.52. The lowest BCUT2D eigenvalue weighted by atomic mass is 9.43. The van der Waals surface area contributed by atoms with Crippen LogP contribution < -0.4 is 4.74 Å². The van der Waals surface area contributed by atoms with E-state index < -0.39 is 40.7 Å². The number of piperidine rings is 1. The van der Waals surface area contributed by atoms with E-state index in [2.05, 4.69) is 18.7 Å². The van der Waals surface area contributed by atoms with Gasteiger partial charge in [0.1, 0.15) is 23.1 Å². The van der Waals surface area contributed by atoms with E-state index in [0.717, 1.165) is 45.2 Å². The van der Waals surface area contributed by atoms with Gasteiger partial charge in [-0.05, 0) is 62.4 Å². The number of ether oxygens (including phenoxy) is 7. The summed E-state index contributed by atoms with van der Waals surface area (Å²) in [5.41, 5.74) is -3.06. The molecule has 11 heteroatoms. The molecule has 1 spiro atoms. The zero-order chi connectivity index (χ0) is 42.7. The van der Waals surface area contributed by atoms with Crippen molar-refractivity contribution in [3.05, 3.63) is 29.8 Å². The Morgan fingerprint density at radius 1 is 0.783 bits per heavy atom. The number of fused-ring (bicyclic) bond motifs is 2. The molecule has 6 aliphatic rings. The number of carbonyl (C=O) groups excluding carboxylic acids is 2. The highest BCUT2D eigenvalue weighted by molar-refractivity contribution is 5.89. The monoisotopic (exact) mass is 840 g/mol. The first-order valence-corrected chi connectivity index (χ1v) is 23.7. The summed E-state index contributed by atoms with van der Waals surface area (Å²) in [7, 11) is 8.60. The molecule has 0 aromatic heterocycles. The van der Waals surface area contributed by atoms with E-state index in [-0.39, 0.29) is 47.4 Å². The molecule has 7 rings (SSSR count). The molecule has 7 bridgehead atoms. The van der Waals surface area contributed by atoms with Gasteiger partial charge in [-0.3, -0.25) is 9.69 Å². The summed E-state index contributed by atoms with van der Waals surface area (Å²) in [6.07, 6.45) is 16.4. The van der Waals surface area contributed by atoms with Crippen molar-refractivity contribution in [1.82, 2.24) is 4.90 Å². The third kappa shape index (κ3) is 7.54. The normalized spacial score (nSPS) is 38.5. The molecular weight excluding hydrogens is 763 g/mol. The average Bonchev–Trinajstić information content (AvgIpc) is 3.63. The number of unbranched alkanes of at least 4 members (excludes halogenated alkanes) is 12. The van der Waals surface area contributed by atoms with Crippen LogP contribution in [0, 0.1) is 34.5 Å². The molecule has 6 fully saturated rings. The second kappa shape index (κ2) is 19.2. The second-order valence-electron chi connectivity index (χ2n) is 19.5. The minimum Gasteiger partial charge on any atom is -0.497 e. The van der Waals surface area contributed by atoms with Gasteiger partial charge in [0.05, 0.1) is 37.6 Å². The Morgan fingerprint density at radius 3 is 1.98 bits per heavy atom. The molecule has 5 aliphatic carbocycles. The van der Waals surface area contributed by atoms with Crippen LogP contribution in [0.3, 0.4) is 0 Å². The topological polar surface area (TPSA) is 122 Å². The van der Waals surface area contributed by atoms with Crippen LogP contribution in [0.4, 0.5) is 0 Å². The molecule has 11 nitrogen and oxygen atoms in total. The second-order valence-corrected chi connectivity index (χ2v) is 19.5. The molecule has 5 saturated carbocycles. The largest absolute Gasteiger partial charge is 0.497 e. The van der Waals surface area contributed by atoms with E-state index >= 15 is 0 Å². The smallest absolute Gasteiger partial charge is 0.338 e. The number of hydrogen-bond acceptors (Lipinski definition) is 11. The number of likely N-dealkylation sites (tertiary alicyclic amines) is 1. The first-order chi connectivity index (χ1) is 29.1. The van der Waals surface area contributed by atoms with Crippen LogP contribution in [0.15, 0.2) is 24.3 Å². The summed E-state index contributed by atoms with van der Waals surface area (Å²) in [4.78, 5) is 31.4. The number of nitrogens with zero attached hydrogens (tertiary/aromatic N) is 1. The number of benzene rings is 1. The van der Waals surface area contributed by atoms with E-state index in [1.54, 1.807) is 52.7 Å². The predicted octanol–water partition coefficient (Wildman–Crippen LogP) is 8.18. The third-order valence-electron chi connectivity index (χ3n) is 16.8. The summed E-state index contributed by atoms with van der Waals surface area (Å²) < 4.78 is 44.9. The molecule has 1 heterocycles. The van der Waals surface area contributed by atoms with Gasteiger partial charge >= 0.3 is 11.9 Å². The van der Waals surface area contributed by atoms with Crippen LogP contribution in [-0.2, 0) is 33.2 Å². The van der Waals surface area contributed by atoms with Gasteiger partial charge in [-0.25, -0.2) is 4.79 Å². The fraction of sp³-hybridized carbons (Fsp3) is 0.837. The fourth-order valence-electron chi connectivity index (χ4n) is 14.7. The van der Waals surface area contributed by atoms with E-state index in [4.69, 9.17) is 33.2 Å². The Hall–Kier alpha value is -2.28. The molecule has 1 aliphatic heterocycles. The van der Waals surface area contributed by atoms with Gasteiger partial charge in [0.2, 0.25) is 0 Å². The zero-order valence-electron chi connectivity index (χ0n) is 37.9. The molecule has 1 saturated heterocycles. The lowest BCUT2D eigenvalue weighted by Gasteiger charge is -2.69. The highest BCUT2D eigenvalue weighted by atomic mass is 16.6. The molecule has 60 heavy (non-hydrogen) atoms. The van der Waals surface area contributed by atoms with E-state index in [9.17, 15) is 14.7 Å². The van der Waals surface area contributed by atoms with Crippen molar-refractivity contribution in [3.63, 3.8) is 0 Å². The maximum absolute atomic E-state index is 14.5. The van der Waals surface area contributed by atoms with Crippen LogP contribution in [-0.4, -0.2) is 119 Å². The summed E-state index contributed by atoms with van der Waals surface area (Å²) in [6, 6.07) is 6.77. The summed E-state index contributed by atoms with van der Waals surface area (Å²) >= 11 is 0. The third-order valence-corrected chi connectivity index (χ3v) is 16.8. The van der Waals surface area contributed by atoms with Crippen molar-refractivity contribution in [2.75, 3.05) is 55.2 Å². The van der Waals surface area contributed by atoms with E-state index in [1.807, 2.05) is 7.11 Å². The molecule has 1 N–H and O–H groups in total. The summed E-state index contributed by atoms with van der Waals surface area (Å²) in [5, 5.41) is 13.1. The van der Waals surface area contributed by atoms with Crippen LogP contribution >= 0.6 is 0 Å². The number of esters is 2. The maximum Gasteiger partial charge on any atom is 0.338 e. The molecule has 13 atom stereocenters. The molecule has 0 unspecified atom stereocenters. The lowest BCUT2D eigenvalue weighted by Crippen LogP contribution is -2.77. The number of methoxy groups -OCH3 is 5. The van der Waals surface area contributed by atoms with Crippen molar-refractivity contribution >= 4 is 11.9 Å². The Kier molecular flexibility index (Phi) is 14.7. The molecule has 1 aromatic carbocycles. The fourth-order valence-corrected chi connectivity index (χ4v) is 14.7. The minimum absolute atomic E-state index is 0.0000281. The SMILES string of the molecule is CCCCCCCCCCCCCCCC(=O)O[C@@]12C[C@@H](OC)[C@]3(O)C[C@@H]([C@H]1[C@H]3OC(=O)c1ccc(OC)cc1)[C@]13[C@@H](OC)CC[C@]4(COC)CN(CC)[C@H]1[C@H]2[C@@H](OC)[C@H]43. The average molecular weight is 840 g/mol. The van der Waals surface area contributed by atoms with Gasteiger partial charge in [-0.15, -0.1) is 0 Å².